The number of nitrogens with zero attached hydrogens (tertiary/aromatic N) is 2. The molecular weight excluding hydrogens is 620 g/mol. The molecule has 19 nitrogen and oxygen atoms in total. The van der Waals surface area contributed by atoms with Gasteiger partial charge in [-0.25, -0.2) is 13.7 Å². The van der Waals surface area contributed by atoms with Crippen LogP contribution in [0.5, 0.6) is 0 Å². The van der Waals surface area contributed by atoms with Gasteiger partial charge in [-0.3, -0.25) is 23.8 Å². The molecule has 2 aliphatic heterocycles. The third kappa shape index (κ3) is 7.75. The summed E-state index contributed by atoms with van der Waals surface area (Å²) in [7, 11) is -2.32. The second-order valence-electron chi connectivity index (χ2n) is 9.83. The molecule has 22 heteroatoms. The van der Waals surface area contributed by atoms with Gasteiger partial charge < -0.3 is 54.4 Å². The monoisotopic (exact) mass is 653 g/mol. The number of ether oxygens (including phenoxy) is 2. The number of hydrogen-bond acceptors (Lipinski definition) is 16. The summed E-state index contributed by atoms with van der Waals surface area (Å²) < 4.78 is 38.9. The molecule has 41 heavy (non-hydrogen) atoms. The number of rotatable bonds is 11. The van der Waals surface area contributed by atoms with E-state index in [2.05, 4.69) is 13.8 Å². The van der Waals surface area contributed by atoms with E-state index in [9.17, 15) is 49.5 Å². The van der Waals surface area contributed by atoms with Crippen LogP contribution >= 0.6 is 14.5 Å². The smallest absolute Gasteiger partial charge is 0.394 e. The van der Waals surface area contributed by atoms with Crippen molar-refractivity contribution >= 4 is 26.3 Å². The molecule has 7 unspecified atom stereocenters. The van der Waals surface area contributed by atoms with Crippen LogP contribution in [0.3, 0.4) is 0 Å². The topological polar surface area (TPSA) is 283 Å². The first kappa shape index (κ1) is 34.5. The van der Waals surface area contributed by atoms with Crippen LogP contribution in [0.25, 0.3) is 0 Å². The molecule has 236 valence electrons. The third-order valence-corrected chi connectivity index (χ3v) is 9.98. The highest BCUT2D eigenvalue weighted by molar-refractivity contribution is 8.08. The highest BCUT2D eigenvalue weighted by atomic mass is 32.5. The molecule has 3 heterocycles. The molecule has 2 fully saturated rings. The molecule has 12 atom stereocenters. The SMILES string of the molecule is CN(C)[C@H]1[C@H](n2ccc(=O)[nH]c2=O)O[C@](C)(COP(O)(=S)OP(=O)(O)OC2OC([C@@H](O)CO)C(O)C(O)C2O)[C@H]1O. The molecule has 9 N–H and O–H groups in total. The second kappa shape index (κ2) is 12.9. The molecule has 2 aliphatic rings. The Labute approximate surface area is 236 Å². The minimum Gasteiger partial charge on any atom is -0.394 e. The van der Waals surface area contributed by atoms with Crippen molar-refractivity contribution in [3.63, 3.8) is 0 Å². The first-order valence-electron chi connectivity index (χ1n) is 11.8. The summed E-state index contributed by atoms with van der Waals surface area (Å²) in [5.74, 6) is 0. The molecule has 0 radical (unpaired) electrons. The van der Waals surface area contributed by atoms with Gasteiger partial charge in [0.15, 0.2) is 12.5 Å². The zero-order valence-corrected chi connectivity index (χ0v) is 24.4. The summed E-state index contributed by atoms with van der Waals surface area (Å²) in [6.45, 7) is -5.07. The van der Waals surface area contributed by atoms with Crippen molar-refractivity contribution in [2.45, 2.75) is 67.7 Å². The zero-order chi connectivity index (χ0) is 31.1. The Morgan fingerprint density at radius 3 is 2.39 bits per heavy atom. The largest absolute Gasteiger partial charge is 0.481 e. The standard InChI is InChI=1S/C19H33N3O16P2S/c1-19(15(29)10(21(2)3)16(36-19)22-5-4-9(25)20-18(22)30)7-34-40(33,41)38-39(31,32)37-17-13(28)11(26)12(27)14(35-17)8(24)6-23/h4-5,8,10-17,23-24,26-29H,6-7H2,1-3H3,(H,31,32)(H,33,41)(H,20,25,30)/t8-,10+,11?,12?,13?,14?,15-,16+,17?,19+,40?/m0/s1. The molecule has 1 aromatic heterocycles. The lowest BCUT2D eigenvalue weighted by molar-refractivity contribution is -0.292. The van der Waals surface area contributed by atoms with Gasteiger partial charge in [0.1, 0.15) is 42.2 Å². The van der Waals surface area contributed by atoms with Gasteiger partial charge in [-0.05, 0) is 32.8 Å². The molecule has 0 aromatic carbocycles. The quantitative estimate of drug-likeness (QED) is 0.102. The molecular formula is C19H33N3O16P2S. The van der Waals surface area contributed by atoms with Crippen molar-refractivity contribution in [1.29, 1.82) is 0 Å². The van der Waals surface area contributed by atoms with Crippen LogP contribution in [-0.4, -0.2) is 137 Å². The number of aromatic nitrogens is 2. The van der Waals surface area contributed by atoms with E-state index in [1.54, 1.807) is 14.1 Å². The Morgan fingerprint density at radius 2 is 1.83 bits per heavy atom. The molecule has 0 saturated carbocycles. The highest BCUT2D eigenvalue weighted by Crippen LogP contribution is 2.62. The van der Waals surface area contributed by atoms with Crippen LogP contribution in [-0.2, 0) is 39.2 Å². The zero-order valence-electron chi connectivity index (χ0n) is 21.8. The molecule has 1 aromatic rings. The van der Waals surface area contributed by atoms with E-state index in [-0.39, 0.29) is 0 Å². The number of aliphatic hydroxyl groups is 6. The lowest BCUT2D eigenvalue weighted by Gasteiger charge is -2.41. The first-order chi connectivity index (χ1) is 18.8. The molecule has 0 bridgehead atoms. The van der Waals surface area contributed by atoms with Crippen molar-refractivity contribution in [3.05, 3.63) is 33.1 Å². The van der Waals surface area contributed by atoms with E-state index < -0.39 is 99.8 Å². The van der Waals surface area contributed by atoms with E-state index >= 15 is 0 Å². The van der Waals surface area contributed by atoms with Crippen molar-refractivity contribution < 1.29 is 67.8 Å². The summed E-state index contributed by atoms with van der Waals surface area (Å²) in [4.78, 5) is 48.0. The summed E-state index contributed by atoms with van der Waals surface area (Å²) >= 11 is 4.78. The van der Waals surface area contributed by atoms with Crippen molar-refractivity contribution in [1.82, 2.24) is 14.5 Å². The minimum atomic E-state index is -5.47. The van der Waals surface area contributed by atoms with Crippen molar-refractivity contribution in [3.8, 4) is 0 Å². The summed E-state index contributed by atoms with van der Waals surface area (Å²) in [6, 6.07) is 0.168. The Bertz CT molecular complexity index is 1280. The maximum Gasteiger partial charge on any atom is 0.481 e. The summed E-state index contributed by atoms with van der Waals surface area (Å²) in [6.07, 6.45) is -13.3. The molecule has 0 spiro atoms. The number of aromatic amines is 1. The van der Waals surface area contributed by atoms with Gasteiger partial charge in [-0.1, -0.05) is 0 Å². The Balaban J connectivity index is 1.72. The van der Waals surface area contributed by atoms with Gasteiger partial charge in [0.2, 0.25) is 0 Å². The van der Waals surface area contributed by atoms with Crippen LogP contribution in [0.2, 0.25) is 0 Å². The van der Waals surface area contributed by atoms with Crippen LogP contribution in [0.15, 0.2) is 21.9 Å². The van der Waals surface area contributed by atoms with E-state index in [4.69, 9.17) is 30.9 Å². The van der Waals surface area contributed by atoms with E-state index in [0.29, 0.717) is 0 Å². The average Bonchev–Trinajstić information content (AvgIpc) is 3.12. The minimum absolute atomic E-state index is 0.664. The maximum absolute atomic E-state index is 12.6. The van der Waals surface area contributed by atoms with Gasteiger partial charge in [-0.15, -0.1) is 0 Å². The Morgan fingerprint density at radius 1 is 1.20 bits per heavy atom. The van der Waals surface area contributed by atoms with E-state index in [1.807, 2.05) is 0 Å². The van der Waals surface area contributed by atoms with Gasteiger partial charge >= 0.3 is 20.2 Å². The lowest BCUT2D eigenvalue weighted by atomic mass is 9.96. The normalized spacial score (nSPS) is 38.0. The van der Waals surface area contributed by atoms with Crippen LogP contribution in [0.1, 0.15) is 13.2 Å². The maximum atomic E-state index is 12.6. The predicted octanol–water partition coefficient (Wildman–Crippen LogP) is -4.36. The fourth-order valence-corrected chi connectivity index (χ4v) is 7.49. The molecule has 0 aliphatic carbocycles. The number of aliphatic hydroxyl groups excluding tert-OH is 6. The number of phosphoric acid groups is 1. The summed E-state index contributed by atoms with van der Waals surface area (Å²) in [5, 5.41) is 59.9. The van der Waals surface area contributed by atoms with Gasteiger partial charge in [0, 0.05) is 12.3 Å². The van der Waals surface area contributed by atoms with Crippen molar-refractivity contribution in [2.24, 2.45) is 0 Å². The molecule has 3 rings (SSSR count). The third-order valence-electron chi connectivity index (χ3n) is 6.48. The molecule has 0 amide bonds. The number of H-pyrrole nitrogens is 1. The fraction of sp³-hybridized carbons (Fsp3) is 0.789. The second-order valence-corrected chi connectivity index (χ2v) is 14.2. The van der Waals surface area contributed by atoms with Crippen molar-refractivity contribution in [2.75, 3.05) is 27.3 Å². The summed E-state index contributed by atoms with van der Waals surface area (Å²) in [5.41, 5.74) is -3.20. The van der Waals surface area contributed by atoms with Crippen LogP contribution < -0.4 is 11.2 Å². The fourth-order valence-electron chi connectivity index (χ4n) is 4.34. The first-order valence-corrected chi connectivity index (χ1v) is 15.9. The average molecular weight is 653 g/mol. The number of nitrogens with one attached hydrogen (secondary N) is 1. The lowest BCUT2D eigenvalue weighted by Crippen LogP contribution is -2.61. The Hall–Kier alpha value is -1.00. The van der Waals surface area contributed by atoms with Crippen LogP contribution in [0, 0.1) is 0 Å². The number of likely N-dealkylation sites (N-methyl/N-ethyl adjacent to an activating group) is 1. The van der Waals surface area contributed by atoms with Gasteiger partial charge in [-0.2, -0.15) is 0 Å². The molecule has 2 saturated heterocycles. The Kier molecular flexibility index (Phi) is 10.9. The van der Waals surface area contributed by atoms with Crippen LogP contribution in [0.4, 0.5) is 0 Å². The van der Waals surface area contributed by atoms with E-state index in [1.165, 1.54) is 11.8 Å². The number of hydrogen-bond donors (Lipinski definition) is 9. The predicted molar refractivity (Wildman–Crippen MR) is 138 cm³/mol. The van der Waals surface area contributed by atoms with Gasteiger partial charge in [0.05, 0.1) is 19.3 Å². The highest BCUT2D eigenvalue weighted by Gasteiger charge is 2.55. The van der Waals surface area contributed by atoms with E-state index in [0.717, 1.165) is 16.8 Å². The van der Waals surface area contributed by atoms with Gasteiger partial charge in [0.25, 0.3) is 5.56 Å². The number of phosphoric ester groups is 1.